The Balaban J connectivity index is 1.87. The Morgan fingerprint density at radius 1 is 1.42 bits per heavy atom. The quantitative estimate of drug-likeness (QED) is 0.850. The number of sulfonamides is 1. The van der Waals surface area contributed by atoms with Crippen molar-refractivity contribution in [1.29, 1.82) is 0 Å². The molecule has 0 amide bonds. The van der Waals surface area contributed by atoms with E-state index < -0.39 is 10.0 Å². The van der Waals surface area contributed by atoms with Crippen LogP contribution in [0.1, 0.15) is 5.56 Å². The van der Waals surface area contributed by atoms with Gasteiger partial charge in [-0.15, -0.1) is 0 Å². The Morgan fingerprint density at radius 2 is 2.16 bits per heavy atom. The Hall–Kier alpha value is -0.950. The first-order valence-electron chi connectivity index (χ1n) is 6.36. The van der Waals surface area contributed by atoms with Crippen LogP contribution in [0.5, 0.6) is 0 Å². The monoisotopic (exact) mass is 283 g/mol. The smallest absolute Gasteiger partial charge is 0.240 e. The molecule has 1 saturated heterocycles. The van der Waals surface area contributed by atoms with Crippen molar-refractivity contribution in [3.8, 4) is 0 Å². The number of aryl methyl sites for hydroxylation is 1. The van der Waals surface area contributed by atoms with Gasteiger partial charge < -0.3 is 4.74 Å². The van der Waals surface area contributed by atoms with Gasteiger partial charge in [-0.25, -0.2) is 13.1 Å². The topological polar surface area (TPSA) is 58.6 Å². The third-order valence-corrected chi connectivity index (χ3v) is 4.51. The molecule has 0 atom stereocenters. The fourth-order valence-corrected chi connectivity index (χ4v) is 3.08. The van der Waals surface area contributed by atoms with Crippen LogP contribution in [0.15, 0.2) is 23.1 Å². The van der Waals surface area contributed by atoms with E-state index in [0.717, 1.165) is 31.9 Å². The SMILES string of the molecule is Cc1[c]ccc(S(=O)(=O)NCCN2CCOCC2)c1. The van der Waals surface area contributed by atoms with Crippen LogP contribution in [0.25, 0.3) is 0 Å². The van der Waals surface area contributed by atoms with Gasteiger partial charge in [0.15, 0.2) is 0 Å². The number of rotatable bonds is 5. The molecular formula is C13H19N2O3S. The van der Waals surface area contributed by atoms with Gasteiger partial charge >= 0.3 is 0 Å². The van der Waals surface area contributed by atoms with Crippen molar-refractivity contribution < 1.29 is 13.2 Å². The molecule has 6 heteroatoms. The zero-order chi connectivity index (χ0) is 13.7. The molecule has 0 bridgehead atoms. The summed E-state index contributed by atoms with van der Waals surface area (Å²) in [5.41, 5.74) is 0.816. The first-order valence-corrected chi connectivity index (χ1v) is 7.84. The maximum Gasteiger partial charge on any atom is 0.240 e. The predicted octanol–water partition coefficient (Wildman–Crippen LogP) is 0.406. The summed E-state index contributed by atoms with van der Waals surface area (Å²) in [6.45, 7) is 6.12. The van der Waals surface area contributed by atoms with Crippen molar-refractivity contribution in [1.82, 2.24) is 9.62 Å². The second kappa shape index (κ2) is 6.47. The fourth-order valence-electron chi connectivity index (χ4n) is 1.97. The number of morpholine rings is 1. The van der Waals surface area contributed by atoms with E-state index in [-0.39, 0.29) is 0 Å². The van der Waals surface area contributed by atoms with E-state index in [9.17, 15) is 8.42 Å². The van der Waals surface area contributed by atoms with Crippen molar-refractivity contribution in [2.75, 3.05) is 39.4 Å². The first kappa shape index (κ1) is 14.5. The number of hydrogen-bond acceptors (Lipinski definition) is 4. The van der Waals surface area contributed by atoms with Gasteiger partial charge in [-0.2, -0.15) is 0 Å². The van der Waals surface area contributed by atoms with Gasteiger partial charge in [0, 0.05) is 26.2 Å². The summed E-state index contributed by atoms with van der Waals surface area (Å²) in [5.74, 6) is 0. The molecule has 1 N–H and O–H groups in total. The molecule has 0 aliphatic carbocycles. The largest absolute Gasteiger partial charge is 0.379 e. The van der Waals surface area contributed by atoms with E-state index in [1.54, 1.807) is 18.2 Å². The summed E-state index contributed by atoms with van der Waals surface area (Å²) in [6, 6.07) is 7.75. The van der Waals surface area contributed by atoms with E-state index in [2.05, 4.69) is 15.7 Å². The fraction of sp³-hybridized carbons (Fsp3) is 0.538. The van der Waals surface area contributed by atoms with E-state index in [4.69, 9.17) is 4.74 Å². The van der Waals surface area contributed by atoms with Crippen LogP contribution in [0.4, 0.5) is 0 Å². The molecule has 19 heavy (non-hydrogen) atoms. The molecule has 1 aromatic rings. The lowest BCUT2D eigenvalue weighted by molar-refractivity contribution is 0.0390. The van der Waals surface area contributed by atoms with Gasteiger partial charge in [-0.1, -0.05) is 6.07 Å². The zero-order valence-electron chi connectivity index (χ0n) is 11.1. The Labute approximate surface area is 114 Å². The second-order valence-corrected chi connectivity index (χ2v) is 6.33. The van der Waals surface area contributed by atoms with E-state index >= 15 is 0 Å². The molecule has 5 nitrogen and oxygen atoms in total. The third kappa shape index (κ3) is 4.28. The molecule has 0 spiro atoms. The standard InChI is InChI=1S/C13H19N2O3S/c1-12-3-2-4-13(11-12)19(16,17)14-5-6-15-7-9-18-10-8-15/h2,4,11,14H,5-10H2,1H3. The molecule has 1 aliphatic rings. The first-order chi connectivity index (χ1) is 9.08. The highest BCUT2D eigenvalue weighted by Gasteiger charge is 2.15. The van der Waals surface area contributed by atoms with Gasteiger partial charge in [0.05, 0.1) is 18.1 Å². The molecule has 0 unspecified atom stereocenters. The lowest BCUT2D eigenvalue weighted by atomic mass is 10.2. The van der Waals surface area contributed by atoms with Crippen LogP contribution in [-0.2, 0) is 14.8 Å². The number of hydrogen-bond donors (Lipinski definition) is 1. The summed E-state index contributed by atoms with van der Waals surface area (Å²) in [6.07, 6.45) is 0. The van der Waals surface area contributed by atoms with Gasteiger partial charge in [0.1, 0.15) is 0 Å². The number of ether oxygens (including phenoxy) is 1. The minimum absolute atomic E-state index is 0.297. The highest BCUT2D eigenvalue weighted by atomic mass is 32.2. The lowest BCUT2D eigenvalue weighted by Crippen LogP contribution is -2.41. The van der Waals surface area contributed by atoms with Crippen molar-refractivity contribution in [3.63, 3.8) is 0 Å². The van der Waals surface area contributed by atoms with E-state index in [1.807, 2.05) is 6.92 Å². The van der Waals surface area contributed by atoms with Crippen LogP contribution in [0.3, 0.4) is 0 Å². The molecule has 1 fully saturated rings. The van der Waals surface area contributed by atoms with Crippen LogP contribution in [0, 0.1) is 13.0 Å². The molecule has 1 heterocycles. The molecule has 1 aliphatic heterocycles. The predicted molar refractivity (Wildman–Crippen MR) is 72.5 cm³/mol. The van der Waals surface area contributed by atoms with Crippen LogP contribution in [0.2, 0.25) is 0 Å². The van der Waals surface area contributed by atoms with Crippen molar-refractivity contribution in [2.45, 2.75) is 11.8 Å². The highest BCUT2D eigenvalue weighted by Crippen LogP contribution is 2.09. The van der Waals surface area contributed by atoms with Crippen LogP contribution < -0.4 is 4.72 Å². The Morgan fingerprint density at radius 3 is 2.84 bits per heavy atom. The molecule has 1 radical (unpaired) electrons. The van der Waals surface area contributed by atoms with Crippen LogP contribution >= 0.6 is 0 Å². The molecule has 105 valence electrons. The third-order valence-electron chi connectivity index (χ3n) is 3.05. The minimum atomic E-state index is -3.41. The maximum absolute atomic E-state index is 12.1. The molecule has 0 saturated carbocycles. The number of nitrogens with zero attached hydrogens (tertiary/aromatic N) is 1. The Kier molecular flexibility index (Phi) is 4.93. The van der Waals surface area contributed by atoms with Gasteiger partial charge in [0.2, 0.25) is 10.0 Å². The van der Waals surface area contributed by atoms with E-state index in [0.29, 0.717) is 18.0 Å². The summed E-state index contributed by atoms with van der Waals surface area (Å²) < 4.78 is 32.0. The average Bonchev–Trinajstić information content (AvgIpc) is 2.40. The molecule has 2 rings (SSSR count). The van der Waals surface area contributed by atoms with E-state index in [1.165, 1.54) is 0 Å². The number of nitrogens with one attached hydrogen (secondary N) is 1. The van der Waals surface area contributed by atoms with Gasteiger partial charge in [0.25, 0.3) is 0 Å². The summed E-state index contributed by atoms with van der Waals surface area (Å²) in [4.78, 5) is 2.49. The molecule has 0 aromatic heterocycles. The molecular weight excluding hydrogens is 264 g/mol. The minimum Gasteiger partial charge on any atom is -0.379 e. The molecule has 1 aromatic carbocycles. The average molecular weight is 283 g/mol. The zero-order valence-corrected chi connectivity index (χ0v) is 11.9. The van der Waals surface area contributed by atoms with Crippen molar-refractivity contribution in [3.05, 3.63) is 29.8 Å². The van der Waals surface area contributed by atoms with Gasteiger partial charge in [-0.3, -0.25) is 4.90 Å². The normalized spacial score (nSPS) is 17.5. The summed E-state index contributed by atoms with van der Waals surface area (Å²) >= 11 is 0. The van der Waals surface area contributed by atoms with Crippen LogP contribution in [-0.4, -0.2) is 52.7 Å². The summed E-state index contributed by atoms with van der Waals surface area (Å²) in [5, 5.41) is 0. The Bertz CT molecular complexity index is 510. The number of benzene rings is 1. The lowest BCUT2D eigenvalue weighted by Gasteiger charge is -2.26. The van der Waals surface area contributed by atoms with Crippen molar-refractivity contribution in [2.24, 2.45) is 0 Å². The second-order valence-electron chi connectivity index (χ2n) is 4.56. The highest BCUT2D eigenvalue weighted by molar-refractivity contribution is 7.89. The van der Waals surface area contributed by atoms with Crippen molar-refractivity contribution >= 4 is 10.0 Å². The maximum atomic E-state index is 12.1. The van der Waals surface area contributed by atoms with Gasteiger partial charge in [-0.05, 0) is 30.7 Å². The summed E-state index contributed by atoms with van der Waals surface area (Å²) in [7, 11) is -3.41.